The Bertz CT molecular complexity index is 863. The lowest BCUT2D eigenvalue weighted by molar-refractivity contribution is -0.384. The molecule has 0 saturated carbocycles. The lowest BCUT2D eigenvalue weighted by atomic mass is 10.1. The van der Waals surface area contributed by atoms with E-state index in [2.05, 4.69) is 9.97 Å². The predicted octanol–water partition coefficient (Wildman–Crippen LogP) is 2.73. The van der Waals surface area contributed by atoms with Crippen LogP contribution in [0.5, 0.6) is 11.8 Å². The SMILES string of the molecule is COc1nccnc1OC1CCCN(C(=O)c2ccc(Cl)c([N+](=O)[O-])c2)C1. The Hall–Kier alpha value is -2.94. The van der Waals surface area contributed by atoms with Crippen LogP contribution in [0.2, 0.25) is 5.02 Å². The summed E-state index contributed by atoms with van der Waals surface area (Å²) >= 11 is 5.81. The summed E-state index contributed by atoms with van der Waals surface area (Å²) in [5.74, 6) is 0.227. The number of carbonyl (C=O) groups excluding carboxylic acids is 1. The van der Waals surface area contributed by atoms with Crippen molar-refractivity contribution in [3.63, 3.8) is 0 Å². The molecular weight excluding hydrogens is 376 g/mol. The van der Waals surface area contributed by atoms with Gasteiger partial charge >= 0.3 is 0 Å². The highest BCUT2D eigenvalue weighted by Gasteiger charge is 2.28. The first-order chi connectivity index (χ1) is 13.0. The number of nitrogens with zero attached hydrogens (tertiary/aromatic N) is 4. The van der Waals surface area contributed by atoms with E-state index < -0.39 is 4.92 Å². The van der Waals surface area contributed by atoms with E-state index >= 15 is 0 Å². The van der Waals surface area contributed by atoms with Gasteiger partial charge in [0.2, 0.25) is 0 Å². The van der Waals surface area contributed by atoms with Crippen molar-refractivity contribution >= 4 is 23.2 Å². The van der Waals surface area contributed by atoms with Crippen molar-refractivity contribution in [2.75, 3.05) is 20.2 Å². The van der Waals surface area contributed by atoms with E-state index in [1.807, 2.05) is 0 Å². The fourth-order valence-electron chi connectivity index (χ4n) is 2.88. The second-order valence-electron chi connectivity index (χ2n) is 5.93. The Kier molecular flexibility index (Phi) is 5.70. The number of hydrogen-bond donors (Lipinski definition) is 0. The zero-order valence-electron chi connectivity index (χ0n) is 14.5. The van der Waals surface area contributed by atoms with Crippen LogP contribution in [0.15, 0.2) is 30.6 Å². The zero-order valence-corrected chi connectivity index (χ0v) is 15.3. The number of amides is 1. The average Bonchev–Trinajstić information content (AvgIpc) is 2.68. The molecule has 2 heterocycles. The van der Waals surface area contributed by atoms with Gasteiger partial charge in [-0.25, -0.2) is 9.97 Å². The topological polar surface area (TPSA) is 108 Å². The summed E-state index contributed by atoms with van der Waals surface area (Å²) in [7, 11) is 1.47. The molecule has 0 spiro atoms. The van der Waals surface area contributed by atoms with Crippen molar-refractivity contribution in [3.8, 4) is 11.8 Å². The largest absolute Gasteiger partial charge is 0.477 e. The molecule has 1 atom stereocenters. The van der Waals surface area contributed by atoms with Crippen LogP contribution < -0.4 is 9.47 Å². The van der Waals surface area contributed by atoms with Crippen molar-refractivity contribution in [2.45, 2.75) is 18.9 Å². The lowest BCUT2D eigenvalue weighted by Crippen LogP contribution is -2.44. The Balaban J connectivity index is 1.73. The van der Waals surface area contributed by atoms with Gasteiger partial charge in [-0.1, -0.05) is 11.6 Å². The number of aromatic nitrogens is 2. The molecule has 1 aliphatic heterocycles. The predicted molar refractivity (Wildman–Crippen MR) is 96.2 cm³/mol. The van der Waals surface area contributed by atoms with Crippen molar-refractivity contribution in [2.24, 2.45) is 0 Å². The van der Waals surface area contributed by atoms with E-state index in [1.165, 1.54) is 37.7 Å². The molecule has 10 heteroatoms. The molecule has 27 heavy (non-hydrogen) atoms. The van der Waals surface area contributed by atoms with Crippen LogP contribution in [0.1, 0.15) is 23.2 Å². The molecule has 1 aromatic carbocycles. The first kappa shape index (κ1) is 18.8. The number of hydrogen-bond acceptors (Lipinski definition) is 7. The molecule has 1 fully saturated rings. The van der Waals surface area contributed by atoms with E-state index in [4.69, 9.17) is 21.1 Å². The maximum atomic E-state index is 12.8. The molecule has 0 N–H and O–H groups in total. The zero-order chi connectivity index (χ0) is 19.4. The summed E-state index contributed by atoms with van der Waals surface area (Å²) in [6, 6.07) is 4.03. The number of piperidine rings is 1. The standard InChI is InChI=1S/C17H17ClN4O5/c1-26-15-16(20-7-6-19-15)27-12-3-2-8-21(10-12)17(23)11-4-5-13(18)14(9-11)22(24)25/h4-7,9,12H,2-3,8,10H2,1H3. The van der Waals surface area contributed by atoms with Gasteiger partial charge in [0.1, 0.15) is 11.1 Å². The van der Waals surface area contributed by atoms with Gasteiger partial charge in [0, 0.05) is 30.6 Å². The van der Waals surface area contributed by atoms with E-state index in [0.29, 0.717) is 13.1 Å². The molecule has 2 aromatic rings. The van der Waals surface area contributed by atoms with Gasteiger partial charge in [0.15, 0.2) is 0 Å². The molecule has 0 bridgehead atoms. The van der Waals surface area contributed by atoms with Crippen LogP contribution in [0.4, 0.5) is 5.69 Å². The van der Waals surface area contributed by atoms with E-state index in [0.717, 1.165) is 12.8 Å². The van der Waals surface area contributed by atoms with Crippen molar-refractivity contribution < 1.29 is 19.2 Å². The van der Waals surface area contributed by atoms with Gasteiger partial charge in [-0.05, 0) is 25.0 Å². The highest BCUT2D eigenvalue weighted by molar-refractivity contribution is 6.32. The molecule has 1 amide bonds. The number of rotatable bonds is 5. The molecule has 0 radical (unpaired) electrons. The normalized spacial score (nSPS) is 16.7. The third-order valence-corrected chi connectivity index (χ3v) is 4.48. The number of benzene rings is 1. The first-order valence-electron chi connectivity index (χ1n) is 8.24. The van der Waals surface area contributed by atoms with Gasteiger partial charge in [0.25, 0.3) is 23.4 Å². The van der Waals surface area contributed by atoms with Crippen molar-refractivity contribution in [3.05, 3.63) is 51.3 Å². The van der Waals surface area contributed by atoms with Gasteiger partial charge in [-0.15, -0.1) is 0 Å². The summed E-state index contributed by atoms with van der Waals surface area (Å²) in [4.78, 5) is 32.9. The quantitative estimate of drug-likeness (QED) is 0.568. The monoisotopic (exact) mass is 392 g/mol. The van der Waals surface area contributed by atoms with Crippen LogP contribution in [0.25, 0.3) is 0 Å². The fourth-order valence-corrected chi connectivity index (χ4v) is 3.06. The molecular formula is C17H17ClN4O5. The first-order valence-corrected chi connectivity index (χ1v) is 8.62. The summed E-state index contributed by atoms with van der Waals surface area (Å²) in [6.07, 6.45) is 4.18. The maximum Gasteiger partial charge on any atom is 0.288 e. The number of nitro groups is 1. The second kappa shape index (κ2) is 8.17. The summed E-state index contributed by atoms with van der Waals surface area (Å²) < 4.78 is 11.0. The Morgan fingerprint density at radius 1 is 1.33 bits per heavy atom. The van der Waals surface area contributed by atoms with Gasteiger partial charge in [0.05, 0.1) is 18.6 Å². The van der Waals surface area contributed by atoms with Crippen LogP contribution in [0.3, 0.4) is 0 Å². The third-order valence-electron chi connectivity index (χ3n) is 4.16. The average molecular weight is 393 g/mol. The molecule has 3 rings (SSSR count). The highest BCUT2D eigenvalue weighted by atomic mass is 35.5. The van der Waals surface area contributed by atoms with Crippen LogP contribution in [0, 0.1) is 10.1 Å². The number of carbonyl (C=O) groups is 1. The van der Waals surface area contributed by atoms with E-state index in [-0.39, 0.29) is 40.0 Å². The summed E-state index contributed by atoms with van der Waals surface area (Å²) in [5.41, 5.74) is -0.0829. The number of halogens is 1. The Morgan fingerprint density at radius 2 is 2.07 bits per heavy atom. The lowest BCUT2D eigenvalue weighted by Gasteiger charge is -2.32. The van der Waals surface area contributed by atoms with Gasteiger partial charge in [-0.2, -0.15) is 0 Å². The summed E-state index contributed by atoms with van der Waals surface area (Å²) in [6.45, 7) is 0.863. The minimum atomic E-state index is -0.610. The second-order valence-corrected chi connectivity index (χ2v) is 6.33. The molecule has 142 valence electrons. The smallest absolute Gasteiger partial charge is 0.288 e. The number of methoxy groups -OCH3 is 1. The number of nitro benzene ring substituents is 1. The maximum absolute atomic E-state index is 12.8. The number of likely N-dealkylation sites (tertiary alicyclic amines) is 1. The third kappa shape index (κ3) is 4.25. The van der Waals surface area contributed by atoms with Crippen LogP contribution >= 0.6 is 11.6 Å². The molecule has 1 aromatic heterocycles. The van der Waals surface area contributed by atoms with Crippen LogP contribution in [-0.2, 0) is 0 Å². The minimum Gasteiger partial charge on any atom is -0.477 e. The van der Waals surface area contributed by atoms with Crippen molar-refractivity contribution in [1.82, 2.24) is 14.9 Å². The number of ether oxygens (including phenoxy) is 2. The van der Waals surface area contributed by atoms with Crippen molar-refractivity contribution in [1.29, 1.82) is 0 Å². The molecule has 1 unspecified atom stereocenters. The van der Waals surface area contributed by atoms with E-state index in [1.54, 1.807) is 4.90 Å². The minimum absolute atomic E-state index is 0.00819. The van der Waals surface area contributed by atoms with Crippen LogP contribution in [-0.4, -0.2) is 52.0 Å². The Morgan fingerprint density at radius 3 is 2.78 bits per heavy atom. The summed E-state index contributed by atoms with van der Waals surface area (Å²) in [5, 5.41) is 11.0. The molecule has 0 aliphatic carbocycles. The van der Waals surface area contributed by atoms with Gasteiger partial charge < -0.3 is 14.4 Å². The Labute approximate surface area is 160 Å². The molecule has 1 aliphatic rings. The highest BCUT2D eigenvalue weighted by Crippen LogP contribution is 2.27. The molecule has 9 nitrogen and oxygen atoms in total. The van der Waals surface area contributed by atoms with E-state index in [9.17, 15) is 14.9 Å². The fraction of sp³-hybridized carbons (Fsp3) is 0.353. The molecule has 1 saturated heterocycles. The van der Waals surface area contributed by atoms with Gasteiger partial charge in [-0.3, -0.25) is 14.9 Å².